The number of hydrogen-bond acceptors (Lipinski definition) is 6. The van der Waals surface area contributed by atoms with Crippen molar-refractivity contribution in [1.82, 2.24) is 0 Å². The van der Waals surface area contributed by atoms with Crippen molar-refractivity contribution in [2.75, 3.05) is 13.2 Å². The van der Waals surface area contributed by atoms with Gasteiger partial charge in [-0.15, -0.1) is 0 Å². The average Bonchev–Trinajstić information content (AvgIpc) is 3.39. The van der Waals surface area contributed by atoms with Gasteiger partial charge in [-0.2, -0.15) is 0 Å². The molecule has 0 unspecified atom stereocenters. The minimum absolute atomic E-state index is 0.118. The fourth-order valence-electron chi connectivity index (χ4n) is 7.59. The van der Waals surface area contributed by atoms with Gasteiger partial charge in [-0.05, 0) is 148 Å². The van der Waals surface area contributed by atoms with Crippen molar-refractivity contribution >= 4 is 17.9 Å². The molecule has 412 valence electrons. The average molecular weight is 1010 g/mol. The second-order valence-electron chi connectivity index (χ2n) is 19.2. The van der Waals surface area contributed by atoms with Gasteiger partial charge in [0.25, 0.3) is 0 Å². The van der Waals surface area contributed by atoms with Gasteiger partial charge in [-0.25, -0.2) is 0 Å². The molecule has 0 aliphatic heterocycles. The predicted octanol–water partition coefficient (Wildman–Crippen LogP) is 20.2. The first-order chi connectivity index (χ1) is 36.0. The predicted molar refractivity (Wildman–Crippen MR) is 316 cm³/mol. The lowest BCUT2D eigenvalue weighted by Crippen LogP contribution is -2.30. The van der Waals surface area contributed by atoms with E-state index >= 15 is 0 Å². The van der Waals surface area contributed by atoms with Crippen LogP contribution in [0.3, 0.4) is 0 Å². The van der Waals surface area contributed by atoms with Crippen LogP contribution in [-0.2, 0) is 28.6 Å². The molecular weight excluding hydrogens is 901 g/mol. The van der Waals surface area contributed by atoms with Gasteiger partial charge < -0.3 is 14.2 Å². The summed E-state index contributed by atoms with van der Waals surface area (Å²) in [5.74, 6) is -1.00. The molecule has 0 saturated heterocycles. The number of rotatable bonds is 52. The van der Waals surface area contributed by atoms with Crippen molar-refractivity contribution in [2.24, 2.45) is 0 Å². The van der Waals surface area contributed by atoms with Crippen LogP contribution in [0.1, 0.15) is 252 Å². The van der Waals surface area contributed by atoms with E-state index in [1.165, 1.54) is 77.0 Å². The molecule has 0 fully saturated rings. The smallest absolute Gasteiger partial charge is 0.306 e. The molecule has 0 spiro atoms. The molecule has 0 heterocycles. The number of unbranched alkanes of at least 4 members (excludes halogenated alkanes) is 19. The van der Waals surface area contributed by atoms with E-state index in [4.69, 9.17) is 14.2 Å². The first kappa shape index (κ1) is 68.6. The Kier molecular flexibility index (Phi) is 56.4. The van der Waals surface area contributed by atoms with Gasteiger partial charge in [-0.3, -0.25) is 14.4 Å². The second-order valence-corrected chi connectivity index (χ2v) is 19.2. The molecule has 0 aliphatic carbocycles. The van der Waals surface area contributed by atoms with Crippen molar-refractivity contribution < 1.29 is 28.6 Å². The highest BCUT2D eigenvalue weighted by Crippen LogP contribution is 2.12. The third-order valence-electron chi connectivity index (χ3n) is 12.1. The molecule has 0 aromatic heterocycles. The zero-order valence-electron chi connectivity index (χ0n) is 47.1. The topological polar surface area (TPSA) is 78.9 Å². The SMILES string of the molecule is CCCCC/C=C\C/C=C\C/C=C\C/C=C\CCCCCC(=O)OC[C@H](COC(=O)CCCCCC/C=C\C/C=C\C/C=C\CCCCC)OC(=O)CCCCC/C=C\C/C=C\C/C=C\C/C=C\CCCCC. The molecule has 0 rings (SSSR count). The number of carbonyl (C=O) groups excluding carboxylic acids is 3. The van der Waals surface area contributed by atoms with Crippen LogP contribution in [0, 0.1) is 0 Å². The van der Waals surface area contributed by atoms with Gasteiger partial charge in [-0.1, -0.05) is 219 Å². The number of allylic oxidation sites excluding steroid dienone is 22. The molecule has 1 atom stereocenters. The maximum atomic E-state index is 12.9. The summed E-state index contributed by atoms with van der Waals surface area (Å²) in [5.41, 5.74) is 0. The highest BCUT2D eigenvalue weighted by atomic mass is 16.6. The zero-order chi connectivity index (χ0) is 52.9. The minimum atomic E-state index is -0.824. The molecule has 6 nitrogen and oxygen atoms in total. The molecule has 0 N–H and O–H groups in total. The van der Waals surface area contributed by atoms with E-state index in [0.29, 0.717) is 19.3 Å². The highest BCUT2D eigenvalue weighted by Gasteiger charge is 2.19. The summed E-state index contributed by atoms with van der Waals surface area (Å²) in [6.07, 6.45) is 84.3. The maximum Gasteiger partial charge on any atom is 0.306 e. The second kappa shape index (κ2) is 60.1. The minimum Gasteiger partial charge on any atom is -0.462 e. The van der Waals surface area contributed by atoms with Crippen molar-refractivity contribution in [2.45, 2.75) is 258 Å². The van der Waals surface area contributed by atoms with Crippen molar-refractivity contribution in [3.63, 3.8) is 0 Å². The summed E-state index contributed by atoms with van der Waals surface area (Å²) in [6, 6.07) is 0. The summed E-state index contributed by atoms with van der Waals surface area (Å²) in [5, 5.41) is 0. The third kappa shape index (κ3) is 58.3. The Morgan fingerprint density at radius 2 is 0.493 bits per heavy atom. The van der Waals surface area contributed by atoms with Gasteiger partial charge in [0.15, 0.2) is 6.10 Å². The lowest BCUT2D eigenvalue weighted by Gasteiger charge is -2.18. The van der Waals surface area contributed by atoms with Crippen LogP contribution >= 0.6 is 0 Å². The number of carbonyl (C=O) groups is 3. The van der Waals surface area contributed by atoms with Gasteiger partial charge in [0, 0.05) is 19.3 Å². The Labute approximate surface area is 449 Å². The zero-order valence-corrected chi connectivity index (χ0v) is 47.1. The molecule has 0 aliphatic rings. The van der Waals surface area contributed by atoms with Crippen molar-refractivity contribution in [3.8, 4) is 0 Å². The van der Waals surface area contributed by atoms with E-state index in [0.717, 1.165) is 128 Å². The molecule has 0 aromatic carbocycles. The first-order valence-corrected chi connectivity index (χ1v) is 29.7. The molecule has 0 saturated carbocycles. The molecule has 0 bridgehead atoms. The Morgan fingerprint density at radius 3 is 0.767 bits per heavy atom. The first-order valence-electron chi connectivity index (χ1n) is 29.7. The van der Waals surface area contributed by atoms with Gasteiger partial charge in [0.2, 0.25) is 0 Å². The Hall–Kier alpha value is -4.45. The molecule has 0 radical (unpaired) electrons. The van der Waals surface area contributed by atoms with Crippen LogP contribution in [0.15, 0.2) is 134 Å². The van der Waals surface area contributed by atoms with E-state index in [-0.39, 0.29) is 37.5 Å². The largest absolute Gasteiger partial charge is 0.462 e. The summed E-state index contributed by atoms with van der Waals surface area (Å²) in [7, 11) is 0. The van der Waals surface area contributed by atoms with Crippen molar-refractivity contribution in [1.29, 1.82) is 0 Å². The van der Waals surface area contributed by atoms with E-state index < -0.39 is 6.10 Å². The molecule has 6 heteroatoms. The normalized spacial score (nSPS) is 13.1. The van der Waals surface area contributed by atoms with Crippen LogP contribution in [0.2, 0.25) is 0 Å². The van der Waals surface area contributed by atoms with Crippen molar-refractivity contribution in [3.05, 3.63) is 134 Å². The number of hydrogen-bond donors (Lipinski definition) is 0. The van der Waals surface area contributed by atoms with Gasteiger partial charge in [0.05, 0.1) is 0 Å². The molecule has 73 heavy (non-hydrogen) atoms. The Morgan fingerprint density at radius 1 is 0.274 bits per heavy atom. The third-order valence-corrected chi connectivity index (χ3v) is 12.1. The Balaban J connectivity index is 4.58. The summed E-state index contributed by atoms with van der Waals surface area (Å²) >= 11 is 0. The number of esters is 3. The quantitative estimate of drug-likeness (QED) is 0.0261. The highest BCUT2D eigenvalue weighted by molar-refractivity contribution is 5.71. The van der Waals surface area contributed by atoms with Crippen LogP contribution in [-0.4, -0.2) is 37.2 Å². The van der Waals surface area contributed by atoms with Gasteiger partial charge >= 0.3 is 17.9 Å². The maximum absolute atomic E-state index is 12.9. The number of ether oxygens (including phenoxy) is 3. The van der Waals surface area contributed by atoms with Crippen LogP contribution in [0.25, 0.3) is 0 Å². The standard InChI is InChI=1S/C67H108O6/c1-4-7-10-13-16-19-22-25-28-31-33-36-39-42-45-48-51-54-57-60-66(69)72-63-64(62-71-65(68)59-56-53-50-47-44-41-38-35-30-27-24-21-18-15-12-9-6-3)73-67(70)61-58-55-52-49-46-43-40-37-34-32-29-26-23-20-17-14-11-8-5-2/h16-21,25-30,33-34,36-38,41-43,45-46,64H,4-15,22-24,31-32,35,39-40,44,47-63H2,1-3H3/b19-16-,20-17-,21-18-,28-25-,29-26-,30-27-,36-33-,37-34-,41-38-,45-42-,46-43-/t64-/m0/s1. The molecule has 0 amide bonds. The van der Waals surface area contributed by atoms with Crippen LogP contribution in [0.4, 0.5) is 0 Å². The summed E-state index contributed by atoms with van der Waals surface area (Å²) in [6.45, 7) is 6.48. The van der Waals surface area contributed by atoms with E-state index in [2.05, 4.69) is 154 Å². The summed E-state index contributed by atoms with van der Waals surface area (Å²) in [4.78, 5) is 38.2. The monoisotopic (exact) mass is 1010 g/mol. The van der Waals surface area contributed by atoms with E-state index in [9.17, 15) is 14.4 Å². The lowest BCUT2D eigenvalue weighted by atomic mass is 10.1. The van der Waals surface area contributed by atoms with Gasteiger partial charge in [0.1, 0.15) is 13.2 Å². The lowest BCUT2D eigenvalue weighted by molar-refractivity contribution is -0.167. The summed E-state index contributed by atoms with van der Waals surface area (Å²) < 4.78 is 16.8. The molecule has 0 aromatic rings. The van der Waals surface area contributed by atoms with E-state index in [1.807, 2.05) is 0 Å². The Bertz CT molecular complexity index is 1580. The molecular formula is C67H108O6. The fraction of sp³-hybridized carbons (Fsp3) is 0.627. The van der Waals surface area contributed by atoms with Crippen LogP contribution in [0.5, 0.6) is 0 Å². The fourth-order valence-corrected chi connectivity index (χ4v) is 7.59. The van der Waals surface area contributed by atoms with E-state index in [1.54, 1.807) is 0 Å². The van der Waals surface area contributed by atoms with Crippen LogP contribution < -0.4 is 0 Å².